The maximum Gasteiger partial charge on any atom is 0.224 e. The number of carbonyl (C=O) groups excluding carboxylic acids is 1. The van der Waals surface area contributed by atoms with Gasteiger partial charge in [0.25, 0.3) is 0 Å². The maximum atomic E-state index is 10.9. The first-order valence-electron chi connectivity index (χ1n) is 3.56. The summed E-state index contributed by atoms with van der Waals surface area (Å²) in [6.45, 7) is 3.65. The Morgan fingerprint density at radius 3 is 2.82 bits per heavy atom. The predicted molar refractivity (Wildman–Crippen MR) is 40.2 cm³/mol. The summed E-state index contributed by atoms with van der Waals surface area (Å²) in [7, 11) is 0. The van der Waals surface area contributed by atoms with Crippen molar-refractivity contribution < 1.29 is 4.79 Å². The molecule has 0 aliphatic carbocycles. The van der Waals surface area contributed by atoms with Gasteiger partial charge in [0, 0.05) is 18.0 Å². The molecule has 1 aliphatic heterocycles. The molecule has 0 unspecified atom stereocenters. The highest BCUT2D eigenvalue weighted by atomic mass is 16.1. The Balaban J connectivity index is 2.97. The lowest BCUT2D eigenvalue weighted by Gasteiger charge is -2.19. The van der Waals surface area contributed by atoms with Crippen LogP contribution in [0.1, 0.15) is 20.3 Å². The van der Waals surface area contributed by atoms with Crippen molar-refractivity contribution >= 4 is 5.91 Å². The Labute approximate surface area is 65.7 Å². The summed E-state index contributed by atoms with van der Waals surface area (Å²) >= 11 is 0. The Kier molecular flexibility index (Phi) is 1.95. The Bertz CT molecular complexity index is 260. The summed E-state index contributed by atoms with van der Waals surface area (Å²) in [6.07, 6.45) is 0.431. The minimum absolute atomic E-state index is 0.00833. The summed E-state index contributed by atoms with van der Waals surface area (Å²) in [5.41, 5.74) is 1.40. The van der Waals surface area contributed by atoms with Crippen LogP contribution >= 0.6 is 0 Å². The smallest absolute Gasteiger partial charge is 0.224 e. The van der Waals surface area contributed by atoms with Crippen LogP contribution in [-0.2, 0) is 4.79 Å². The van der Waals surface area contributed by atoms with Crippen LogP contribution in [0.4, 0.5) is 0 Å². The van der Waals surface area contributed by atoms with Crippen molar-refractivity contribution in [1.29, 1.82) is 5.26 Å². The van der Waals surface area contributed by atoms with Gasteiger partial charge in [0.1, 0.15) is 0 Å². The largest absolute Gasteiger partial charge is 0.329 e. The fraction of sp³-hybridized carbons (Fsp3) is 0.500. The van der Waals surface area contributed by atoms with Crippen molar-refractivity contribution in [2.45, 2.75) is 20.3 Å². The van der Waals surface area contributed by atoms with Crippen molar-refractivity contribution in [3.8, 4) is 6.07 Å². The summed E-state index contributed by atoms with van der Waals surface area (Å²) < 4.78 is 0. The third kappa shape index (κ3) is 1.40. The Hall–Kier alpha value is -1.30. The van der Waals surface area contributed by atoms with E-state index in [1.807, 2.05) is 6.92 Å². The molecule has 0 aromatic carbocycles. The van der Waals surface area contributed by atoms with Crippen molar-refractivity contribution in [2.24, 2.45) is 5.92 Å². The van der Waals surface area contributed by atoms with E-state index in [0.29, 0.717) is 17.7 Å². The second kappa shape index (κ2) is 2.75. The van der Waals surface area contributed by atoms with Crippen LogP contribution in [0.25, 0.3) is 0 Å². The van der Waals surface area contributed by atoms with E-state index in [-0.39, 0.29) is 11.8 Å². The third-order valence-electron chi connectivity index (χ3n) is 1.84. The lowest BCUT2D eigenvalue weighted by molar-refractivity contribution is -0.121. The molecular formula is C8H10N2O. The van der Waals surface area contributed by atoms with Gasteiger partial charge in [-0.2, -0.15) is 5.26 Å². The van der Waals surface area contributed by atoms with E-state index in [0.717, 1.165) is 0 Å². The molecule has 0 bridgehead atoms. The predicted octanol–water partition coefficient (Wildman–Crippen LogP) is 0.940. The number of nitriles is 1. The van der Waals surface area contributed by atoms with Crippen molar-refractivity contribution in [2.75, 3.05) is 0 Å². The summed E-state index contributed by atoms with van der Waals surface area (Å²) in [5.74, 6) is 0.0859. The normalized spacial score (nSPS) is 24.5. The van der Waals surface area contributed by atoms with E-state index in [4.69, 9.17) is 5.26 Å². The fourth-order valence-corrected chi connectivity index (χ4v) is 1.27. The topological polar surface area (TPSA) is 52.9 Å². The van der Waals surface area contributed by atoms with Crippen LogP contribution in [0.3, 0.4) is 0 Å². The zero-order valence-electron chi connectivity index (χ0n) is 6.64. The average molecular weight is 150 g/mol. The number of amides is 1. The number of carbonyl (C=O) groups is 1. The van der Waals surface area contributed by atoms with Gasteiger partial charge in [0.15, 0.2) is 0 Å². The number of nitrogens with zero attached hydrogens (tertiary/aromatic N) is 1. The van der Waals surface area contributed by atoms with Crippen LogP contribution in [0.2, 0.25) is 0 Å². The van der Waals surface area contributed by atoms with E-state index < -0.39 is 0 Å². The van der Waals surface area contributed by atoms with Crippen LogP contribution < -0.4 is 5.32 Å². The molecule has 3 heteroatoms. The Morgan fingerprint density at radius 2 is 2.36 bits per heavy atom. The van der Waals surface area contributed by atoms with Gasteiger partial charge in [-0.1, -0.05) is 6.92 Å². The van der Waals surface area contributed by atoms with E-state index >= 15 is 0 Å². The highest BCUT2D eigenvalue weighted by molar-refractivity contribution is 5.80. The van der Waals surface area contributed by atoms with Gasteiger partial charge in [0.05, 0.1) is 11.6 Å². The quantitative estimate of drug-likeness (QED) is 0.558. The van der Waals surface area contributed by atoms with Gasteiger partial charge in [-0.25, -0.2) is 0 Å². The molecule has 58 valence electrons. The molecule has 1 heterocycles. The first-order chi connectivity index (χ1) is 5.15. The molecule has 0 aromatic rings. The van der Waals surface area contributed by atoms with Crippen molar-refractivity contribution in [3.63, 3.8) is 0 Å². The van der Waals surface area contributed by atoms with Gasteiger partial charge in [-0.05, 0) is 6.92 Å². The summed E-state index contributed by atoms with van der Waals surface area (Å²) in [4.78, 5) is 10.9. The molecule has 0 aromatic heterocycles. The number of hydrogen-bond acceptors (Lipinski definition) is 2. The first-order valence-corrected chi connectivity index (χ1v) is 3.56. The van der Waals surface area contributed by atoms with Crippen molar-refractivity contribution in [1.82, 2.24) is 5.32 Å². The van der Waals surface area contributed by atoms with Gasteiger partial charge in [-0.3, -0.25) is 4.79 Å². The number of nitrogens with one attached hydrogen (secondary N) is 1. The molecule has 0 fully saturated rings. The highest BCUT2D eigenvalue weighted by Crippen LogP contribution is 2.20. The zero-order valence-corrected chi connectivity index (χ0v) is 6.64. The van der Waals surface area contributed by atoms with Gasteiger partial charge in [-0.15, -0.1) is 0 Å². The fourth-order valence-electron chi connectivity index (χ4n) is 1.27. The first kappa shape index (κ1) is 7.80. The average Bonchev–Trinajstić information content (AvgIpc) is 1.85. The zero-order chi connectivity index (χ0) is 8.43. The minimum Gasteiger partial charge on any atom is -0.329 e. The molecule has 11 heavy (non-hydrogen) atoms. The molecule has 1 amide bonds. The molecule has 3 nitrogen and oxygen atoms in total. The molecule has 1 atom stereocenters. The molecule has 1 rings (SSSR count). The number of rotatable bonds is 0. The molecule has 0 saturated carbocycles. The maximum absolute atomic E-state index is 10.9. The lowest BCUT2D eigenvalue weighted by atomic mass is 9.93. The highest BCUT2D eigenvalue weighted by Gasteiger charge is 2.21. The molecule has 1 aliphatic rings. The molecule has 0 spiro atoms. The van der Waals surface area contributed by atoms with Crippen LogP contribution in [0.5, 0.6) is 0 Å². The summed E-state index contributed by atoms with van der Waals surface area (Å²) in [6, 6.07) is 2.09. The molecular weight excluding hydrogens is 140 g/mol. The van der Waals surface area contributed by atoms with Gasteiger partial charge >= 0.3 is 0 Å². The van der Waals surface area contributed by atoms with Crippen LogP contribution in [0, 0.1) is 17.2 Å². The Morgan fingerprint density at radius 1 is 1.73 bits per heavy atom. The van der Waals surface area contributed by atoms with E-state index in [1.165, 1.54) is 0 Å². The van der Waals surface area contributed by atoms with Crippen LogP contribution in [0.15, 0.2) is 11.3 Å². The van der Waals surface area contributed by atoms with Crippen molar-refractivity contribution in [3.05, 3.63) is 11.3 Å². The van der Waals surface area contributed by atoms with E-state index in [1.54, 1.807) is 6.92 Å². The SMILES string of the molecule is CC1=C(C#N)[C@@H](C)CC(=O)N1. The monoisotopic (exact) mass is 150 g/mol. The molecule has 1 N–H and O–H groups in total. The number of allylic oxidation sites excluding steroid dienone is 2. The van der Waals surface area contributed by atoms with E-state index in [2.05, 4.69) is 11.4 Å². The van der Waals surface area contributed by atoms with Gasteiger partial charge < -0.3 is 5.32 Å². The lowest BCUT2D eigenvalue weighted by Crippen LogP contribution is -2.30. The summed E-state index contributed by atoms with van der Waals surface area (Å²) in [5, 5.41) is 11.3. The molecule has 0 radical (unpaired) electrons. The third-order valence-corrected chi connectivity index (χ3v) is 1.84. The van der Waals surface area contributed by atoms with E-state index in [9.17, 15) is 4.79 Å². The van der Waals surface area contributed by atoms with Gasteiger partial charge in [0.2, 0.25) is 5.91 Å². The second-order valence-electron chi connectivity index (χ2n) is 2.80. The van der Waals surface area contributed by atoms with Crippen LogP contribution in [-0.4, -0.2) is 5.91 Å². The molecule has 0 saturated heterocycles. The minimum atomic E-state index is 0.00833. The standard InChI is InChI=1S/C8H10N2O/c1-5-3-8(11)10-6(2)7(5)4-9/h5H,3H2,1-2H3,(H,10,11)/t5-/m0/s1. The number of hydrogen-bond donors (Lipinski definition) is 1. The second-order valence-corrected chi connectivity index (χ2v) is 2.80.